The van der Waals surface area contributed by atoms with E-state index in [9.17, 15) is 13.2 Å². The van der Waals surface area contributed by atoms with Crippen LogP contribution in [0.5, 0.6) is 0 Å². The first-order valence-corrected chi connectivity index (χ1v) is 10.2. The van der Waals surface area contributed by atoms with Gasteiger partial charge in [-0.2, -0.15) is 0 Å². The lowest BCUT2D eigenvalue weighted by Crippen LogP contribution is -2.34. The van der Waals surface area contributed by atoms with E-state index in [-0.39, 0.29) is 18.3 Å². The van der Waals surface area contributed by atoms with Gasteiger partial charge in [0.1, 0.15) is 0 Å². The van der Waals surface area contributed by atoms with Gasteiger partial charge in [0.15, 0.2) is 0 Å². The Balaban J connectivity index is 0.00000312. The van der Waals surface area contributed by atoms with Gasteiger partial charge in [0, 0.05) is 12.1 Å². The Hall–Kier alpha value is -1.31. The average Bonchev–Trinajstić information content (AvgIpc) is 2.50. The minimum Gasteiger partial charge on any atom is -0.326 e. The Morgan fingerprint density at radius 3 is 2.72 bits per heavy atom. The van der Waals surface area contributed by atoms with Crippen LogP contribution in [0.2, 0.25) is 0 Å². The Kier molecular flexibility index (Phi) is 8.18. The fourth-order valence-electron chi connectivity index (χ4n) is 3.05. The zero-order valence-corrected chi connectivity index (χ0v) is 16.6. The largest absolute Gasteiger partial charge is 0.326 e. The highest BCUT2D eigenvalue weighted by Crippen LogP contribution is 2.24. The van der Waals surface area contributed by atoms with Crippen LogP contribution in [0.15, 0.2) is 18.2 Å². The van der Waals surface area contributed by atoms with Crippen molar-refractivity contribution in [1.29, 1.82) is 0 Å². The number of hydrogen-bond donors (Lipinski definition) is 3. The van der Waals surface area contributed by atoms with Crippen LogP contribution in [0, 0.1) is 18.8 Å². The molecule has 0 aliphatic carbocycles. The first-order chi connectivity index (χ1) is 11.2. The molecule has 1 aliphatic heterocycles. The van der Waals surface area contributed by atoms with Crippen molar-refractivity contribution in [3.05, 3.63) is 23.8 Å². The summed E-state index contributed by atoms with van der Waals surface area (Å²) in [5.74, 6) is 0.809. The number of rotatable bonds is 6. The van der Waals surface area contributed by atoms with Crippen molar-refractivity contribution in [1.82, 2.24) is 5.32 Å². The zero-order chi connectivity index (χ0) is 17.7. The van der Waals surface area contributed by atoms with E-state index in [1.165, 1.54) is 0 Å². The predicted molar refractivity (Wildman–Crippen MR) is 105 cm³/mol. The monoisotopic (exact) mass is 389 g/mol. The van der Waals surface area contributed by atoms with E-state index in [0.29, 0.717) is 29.6 Å². The number of hydrogen-bond acceptors (Lipinski definition) is 4. The Labute approximate surface area is 156 Å². The highest BCUT2D eigenvalue weighted by molar-refractivity contribution is 7.92. The van der Waals surface area contributed by atoms with Crippen LogP contribution in [0.3, 0.4) is 0 Å². The van der Waals surface area contributed by atoms with Gasteiger partial charge in [0.25, 0.3) is 0 Å². The van der Waals surface area contributed by atoms with E-state index in [0.717, 1.165) is 37.8 Å². The van der Waals surface area contributed by atoms with Gasteiger partial charge in [0.2, 0.25) is 15.9 Å². The van der Waals surface area contributed by atoms with E-state index in [1.807, 2.05) is 6.92 Å². The fourth-order valence-corrected chi connectivity index (χ4v) is 3.66. The normalized spacial score (nSPS) is 18.8. The quantitative estimate of drug-likeness (QED) is 0.698. The summed E-state index contributed by atoms with van der Waals surface area (Å²) in [4.78, 5) is 12.3. The standard InChI is InChI=1S/C17H27N3O3S.ClH/c1-12-6-7-15(10-16(12)20-24(3,22)23)19-17(21)9-13(2)14-5-4-8-18-11-14;/h6-7,10,13-14,18,20H,4-5,8-9,11H2,1-3H3,(H,19,21);1H. The average molecular weight is 390 g/mol. The molecule has 1 saturated heterocycles. The van der Waals surface area contributed by atoms with Gasteiger partial charge >= 0.3 is 0 Å². The predicted octanol–water partition coefficient (Wildman–Crippen LogP) is 2.75. The molecule has 25 heavy (non-hydrogen) atoms. The van der Waals surface area contributed by atoms with E-state index in [4.69, 9.17) is 0 Å². The molecule has 1 heterocycles. The number of benzene rings is 1. The number of carbonyl (C=O) groups is 1. The van der Waals surface area contributed by atoms with Crippen LogP contribution in [0.4, 0.5) is 11.4 Å². The Morgan fingerprint density at radius 2 is 2.12 bits per heavy atom. The fraction of sp³-hybridized carbons (Fsp3) is 0.588. The summed E-state index contributed by atoms with van der Waals surface area (Å²) < 4.78 is 25.3. The molecule has 0 bridgehead atoms. The third kappa shape index (κ3) is 7.22. The molecule has 2 rings (SSSR count). The lowest BCUT2D eigenvalue weighted by atomic mass is 9.85. The molecule has 8 heteroatoms. The molecule has 2 unspecified atom stereocenters. The Morgan fingerprint density at radius 1 is 1.40 bits per heavy atom. The number of carbonyl (C=O) groups excluding carboxylic acids is 1. The van der Waals surface area contributed by atoms with Crippen LogP contribution in [0.25, 0.3) is 0 Å². The van der Waals surface area contributed by atoms with Gasteiger partial charge in [-0.05, 0) is 62.4 Å². The highest BCUT2D eigenvalue weighted by atomic mass is 35.5. The summed E-state index contributed by atoms with van der Waals surface area (Å²) in [5, 5.41) is 6.25. The number of piperidine rings is 1. The van der Waals surface area contributed by atoms with Crippen LogP contribution in [-0.4, -0.2) is 33.7 Å². The highest BCUT2D eigenvalue weighted by Gasteiger charge is 2.22. The number of sulfonamides is 1. The molecule has 0 saturated carbocycles. The molecule has 1 amide bonds. The van der Waals surface area contributed by atoms with Gasteiger partial charge in [-0.15, -0.1) is 12.4 Å². The second-order valence-corrected chi connectivity index (χ2v) is 8.49. The molecule has 0 spiro atoms. The van der Waals surface area contributed by atoms with E-state index < -0.39 is 10.0 Å². The molecule has 6 nitrogen and oxygen atoms in total. The zero-order valence-electron chi connectivity index (χ0n) is 15.0. The third-order valence-electron chi connectivity index (χ3n) is 4.46. The number of nitrogens with one attached hydrogen (secondary N) is 3. The summed E-state index contributed by atoms with van der Waals surface area (Å²) in [6.07, 6.45) is 3.90. The SMILES string of the molecule is Cc1ccc(NC(=O)CC(C)C2CCCNC2)cc1NS(C)(=O)=O.Cl. The summed E-state index contributed by atoms with van der Waals surface area (Å²) >= 11 is 0. The smallest absolute Gasteiger partial charge is 0.229 e. The molecule has 1 aromatic rings. The van der Waals surface area contributed by atoms with E-state index in [1.54, 1.807) is 18.2 Å². The van der Waals surface area contributed by atoms with Crippen molar-refractivity contribution in [3.63, 3.8) is 0 Å². The minimum absolute atomic E-state index is 0. The second-order valence-electron chi connectivity index (χ2n) is 6.74. The van der Waals surface area contributed by atoms with Gasteiger partial charge in [-0.1, -0.05) is 13.0 Å². The maximum absolute atomic E-state index is 12.3. The van der Waals surface area contributed by atoms with Crippen LogP contribution in [-0.2, 0) is 14.8 Å². The first-order valence-electron chi connectivity index (χ1n) is 8.33. The molecule has 3 N–H and O–H groups in total. The molecular weight excluding hydrogens is 362 g/mol. The number of amides is 1. The third-order valence-corrected chi connectivity index (χ3v) is 5.05. The Bertz CT molecular complexity index is 688. The molecule has 1 fully saturated rings. The summed E-state index contributed by atoms with van der Waals surface area (Å²) in [6, 6.07) is 5.23. The number of anilines is 2. The van der Waals surface area contributed by atoms with Gasteiger partial charge in [-0.3, -0.25) is 9.52 Å². The lowest BCUT2D eigenvalue weighted by Gasteiger charge is -2.28. The molecule has 2 atom stereocenters. The second kappa shape index (κ2) is 9.40. The summed E-state index contributed by atoms with van der Waals surface area (Å²) in [5.41, 5.74) is 1.89. The molecule has 1 aliphatic rings. The maximum Gasteiger partial charge on any atom is 0.229 e. The molecule has 142 valence electrons. The van der Waals surface area contributed by atoms with Crippen molar-refractivity contribution in [3.8, 4) is 0 Å². The van der Waals surface area contributed by atoms with Crippen molar-refractivity contribution in [2.75, 3.05) is 29.4 Å². The molecular formula is C17H28ClN3O3S. The summed E-state index contributed by atoms with van der Waals surface area (Å²) in [6.45, 7) is 5.97. The van der Waals surface area contributed by atoms with Crippen molar-refractivity contribution < 1.29 is 13.2 Å². The summed E-state index contributed by atoms with van der Waals surface area (Å²) in [7, 11) is -3.35. The first kappa shape index (κ1) is 21.7. The van der Waals surface area contributed by atoms with Crippen LogP contribution in [0.1, 0.15) is 31.7 Å². The van der Waals surface area contributed by atoms with Gasteiger partial charge < -0.3 is 10.6 Å². The van der Waals surface area contributed by atoms with Gasteiger partial charge in [-0.25, -0.2) is 8.42 Å². The van der Waals surface area contributed by atoms with Crippen molar-refractivity contribution in [2.24, 2.45) is 11.8 Å². The molecule has 0 aromatic heterocycles. The topological polar surface area (TPSA) is 87.3 Å². The van der Waals surface area contributed by atoms with Crippen molar-refractivity contribution in [2.45, 2.75) is 33.1 Å². The molecule has 1 aromatic carbocycles. The minimum atomic E-state index is -3.35. The van der Waals surface area contributed by atoms with E-state index >= 15 is 0 Å². The number of halogens is 1. The lowest BCUT2D eigenvalue weighted by molar-refractivity contribution is -0.117. The number of aryl methyl sites for hydroxylation is 1. The van der Waals surface area contributed by atoms with E-state index in [2.05, 4.69) is 22.3 Å². The van der Waals surface area contributed by atoms with Gasteiger partial charge in [0.05, 0.1) is 11.9 Å². The molecule has 0 radical (unpaired) electrons. The van der Waals surface area contributed by atoms with Crippen LogP contribution >= 0.6 is 12.4 Å². The van der Waals surface area contributed by atoms with Crippen molar-refractivity contribution >= 4 is 39.7 Å². The van der Waals surface area contributed by atoms with Crippen LogP contribution < -0.4 is 15.4 Å². The maximum atomic E-state index is 12.3.